The van der Waals surface area contributed by atoms with Crippen LogP contribution in [0, 0.1) is 0 Å². The van der Waals surface area contributed by atoms with Crippen molar-refractivity contribution in [1.29, 1.82) is 0 Å². The van der Waals surface area contributed by atoms with Crippen LogP contribution in [0.5, 0.6) is 0 Å². The van der Waals surface area contributed by atoms with Crippen LogP contribution >= 0.6 is 0 Å². The van der Waals surface area contributed by atoms with E-state index in [9.17, 15) is 4.79 Å². The van der Waals surface area contributed by atoms with E-state index in [1.165, 1.54) is 40.7 Å². The minimum atomic E-state index is 0.141. The van der Waals surface area contributed by atoms with Crippen LogP contribution in [0.4, 0.5) is 0 Å². The van der Waals surface area contributed by atoms with Gasteiger partial charge in [0, 0.05) is 0 Å². The summed E-state index contributed by atoms with van der Waals surface area (Å²) in [4.78, 5) is 11.7. The number of carbonyl (C=O) groups excluding carboxylic acids is 1. The molecule has 0 bridgehead atoms. The van der Waals surface area contributed by atoms with Crippen molar-refractivity contribution in [3.63, 3.8) is 0 Å². The standard InChI is InChI=1S/C22H28O/c1-7-17-12-19(13-22(18-10-11-18)21(17)9-3)20(8-2)15(5)14(4)16(6)23/h8-9,12-13,18H,3,7,10-11H2,1-2,4-6H3/b15-14-,20-8+. The fraction of sp³-hybridized carbons (Fsp3) is 0.409. The van der Waals surface area contributed by atoms with Gasteiger partial charge < -0.3 is 0 Å². The number of hydrogen-bond donors (Lipinski definition) is 0. The van der Waals surface area contributed by atoms with Crippen LogP contribution in [0.3, 0.4) is 0 Å². The van der Waals surface area contributed by atoms with Crippen LogP contribution in [0.2, 0.25) is 0 Å². The fourth-order valence-electron chi connectivity index (χ4n) is 3.23. The maximum Gasteiger partial charge on any atom is 0.155 e. The van der Waals surface area contributed by atoms with Gasteiger partial charge in [-0.3, -0.25) is 4.79 Å². The van der Waals surface area contributed by atoms with Crippen molar-refractivity contribution in [2.45, 2.75) is 59.8 Å². The third-order valence-electron chi connectivity index (χ3n) is 4.99. The highest BCUT2D eigenvalue weighted by atomic mass is 16.1. The average molecular weight is 308 g/mol. The highest BCUT2D eigenvalue weighted by Gasteiger charge is 2.27. The van der Waals surface area contributed by atoms with E-state index in [2.05, 4.69) is 45.6 Å². The highest BCUT2D eigenvalue weighted by Crippen LogP contribution is 2.44. The zero-order chi connectivity index (χ0) is 17.1. The Morgan fingerprint density at radius 1 is 1.22 bits per heavy atom. The van der Waals surface area contributed by atoms with Gasteiger partial charge in [0.05, 0.1) is 0 Å². The number of rotatable bonds is 6. The SMILES string of the molecule is C=Cc1c(CC)cc(C(=C/C)/C(C)=C(/C)C(C)=O)cc1C1CC1. The lowest BCUT2D eigenvalue weighted by atomic mass is 9.87. The number of benzene rings is 1. The monoisotopic (exact) mass is 308 g/mol. The molecular weight excluding hydrogens is 280 g/mol. The van der Waals surface area contributed by atoms with E-state index < -0.39 is 0 Å². The van der Waals surface area contributed by atoms with Crippen LogP contribution in [0.1, 0.15) is 75.6 Å². The number of allylic oxidation sites excluding steroid dienone is 4. The van der Waals surface area contributed by atoms with E-state index >= 15 is 0 Å². The van der Waals surface area contributed by atoms with Crippen molar-refractivity contribution in [3.8, 4) is 0 Å². The first kappa shape index (κ1) is 17.5. The lowest BCUT2D eigenvalue weighted by molar-refractivity contribution is -0.113. The topological polar surface area (TPSA) is 17.1 Å². The molecule has 122 valence electrons. The molecule has 0 aromatic heterocycles. The third-order valence-corrected chi connectivity index (χ3v) is 4.99. The van der Waals surface area contributed by atoms with E-state index in [0.29, 0.717) is 5.92 Å². The Bertz CT molecular complexity index is 697. The molecule has 0 unspecified atom stereocenters. The van der Waals surface area contributed by atoms with Crippen LogP contribution < -0.4 is 0 Å². The average Bonchev–Trinajstić information content (AvgIpc) is 3.38. The summed E-state index contributed by atoms with van der Waals surface area (Å²) in [6, 6.07) is 4.59. The molecule has 23 heavy (non-hydrogen) atoms. The summed E-state index contributed by atoms with van der Waals surface area (Å²) in [6.45, 7) is 13.9. The second-order valence-corrected chi connectivity index (χ2v) is 6.48. The highest BCUT2D eigenvalue weighted by molar-refractivity contribution is 5.98. The van der Waals surface area contributed by atoms with Crippen LogP contribution in [-0.4, -0.2) is 5.78 Å². The largest absolute Gasteiger partial charge is 0.295 e. The lowest BCUT2D eigenvalue weighted by Crippen LogP contribution is -2.01. The Morgan fingerprint density at radius 3 is 2.30 bits per heavy atom. The molecular formula is C22H28O. The normalized spacial score (nSPS) is 16.1. The molecule has 1 nitrogen and oxygen atoms in total. The van der Waals surface area contributed by atoms with E-state index in [4.69, 9.17) is 0 Å². The Balaban J connectivity index is 2.62. The maximum absolute atomic E-state index is 11.7. The molecule has 0 N–H and O–H groups in total. The molecule has 0 saturated heterocycles. The first-order valence-electron chi connectivity index (χ1n) is 8.59. The summed E-state index contributed by atoms with van der Waals surface area (Å²) in [6.07, 6.45) is 7.69. The van der Waals surface area contributed by atoms with Gasteiger partial charge in [-0.1, -0.05) is 37.8 Å². The maximum atomic E-state index is 11.7. The van der Waals surface area contributed by atoms with E-state index in [1.54, 1.807) is 6.92 Å². The molecule has 1 fully saturated rings. The molecule has 0 radical (unpaired) electrons. The Kier molecular flexibility index (Phi) is 5.41. The molecule has 1 heteroatoms. The number of hydrogen-bond acceptors (Lipinski definition) is 1. The minimum Gasteiger partial charge on any atom is -0.295 e. The molecule has 0 atom stereocenters. The number of aryl methyl sites for hydroxylation is 1. The van der Waals surface area contributed by atoms with Gasteiger partial charge in [-0.2, -0.15) is 0 Å². The van der Waals surface area contributed by atoms with Gasteiger partial charge in [-0.25, -0.2) is 0 Å². The molecule has 1 aromatic rings. The molecule has 0 heterocycles. The molecule has 0 amide bonds. The predicted octanol–water partition coefficient (Wildman–Crippen LogP) is 6.10. The summed E-state index contributed by atoms with van der Waals surface area (Å²) in [5, 5.41) is 0. The van der Waals surface area contributed by atoms with Crippen molar-refractivity contribution >= 4 is 17.4 Å². The van der Waals surface area contributed by atoms with Crippen molar-refractivity contribution in [2.24, 2.45) is 0 Å². The van der Waals surface area contributed by atoms with E-state index in [0.717, 1.165) is 17.6 Å². The Morgan fingerprint density at radius 2 is 1.87 bits per heavy atom. The molecule has 1 saturated carbocycles. The number of Topliss-reactive ketones (excluding diaryl/α,β-unsaturated/α-hetero) is 1. The van der Waals surface area contributed by atoms with Gasteiger partial charge >= 0.3 is 0 Å². The second kappa shape index (κ2) is 7.12. The van der Waals surface area contributed by atoms with Crippen LogP contribution in [0.15, 0.2) is 35.9 Å². The van der Waals surface area contributed by atoms with Gasteiger partial charge in [0.15, 0.2) is 5.78 Å². The smallest absolute Gasteiger partial charge is 0.155 e. The zero-order valence-electron chi connectivity index (χ0n) is 15.1. The van der Waals surface area contributed by atoms with Gasteiger partial charge in [0.25, 0.3) is 0 Å². The summed E-state index contributed by atoms with van der Waals surface area (Å²) < 4.78 is 0. The lowest BCUT2D eigenvalue weighted by Gasteiger charge is -2.17. The second-order valence-electron chi connectivity index (χ2n) is 6.48. The van der Waals surface area contributed by atoms with Gasteiger partial charge in [0.1, 0.15) is 0 Å². The number of carbonyl (C=O) groups is 1. The zero-order valence-corrected chi connectivity index (χ0v) is 15.1. The van der Waals surface area contributed by atoms with E-state index in [1.807, 2.05) is 13.0 Å². The Labute approximate surface area is 140 Å². The first-order chi connectivity index (χ1) is 10.9. The molecule has 1 aromatic carbocycles. The van der Waals surface area contributed by atoms with Gasteiger partial charge in [-0.05, 0) is 91.8 Å². The minimum absolute atomic E-state index is 0.141. The van der Waals surface area contributed by atoms with Crippen molar-refractivity contribution in [3.05, 3.63) is 58.2 Å². The summed E-state index contributed by atoms with van der Waals surface area (Å²) in [5.41, 5.74) is 8.43. The predicted molar refractivity (Wildman–Crippen MR) is 101 cm³/mol. The van der Waals surface area contributed by atoms with Crippen molar-refractivity contribution in [2.75, 3.05) is 0 Å². The molecule has 1 aliphatic carbocycles. The fourth-order valence-corrected chi connectivity index (χ4v) is 3.23. The quantitative estimate of drug-likeness (QED) is 0.458. The van der Waals surface area contributed by atoms with E-state index in [-0.39, 0.29) is 5.78 Å². The third kappa shape index (κ3) is 3.55. The van der Waals surface area contributed by atoms with Crippen LogP contribution in [-0.2, 0) is 11.2 Å². The molecule has 2 rings (SSSR count). The van der Waals surface area contributed by atoms with Crippen molar-refractivity contribution in [1.82, 2.24) is 0 Å². The first-order valence-corrected chi connectivity index (χ1v) is 8.59. The van der Waals surface area contributed by atoms with Gasteiger partial charge in [-0.15, -0.1) is 0 Å². The number of ketones is 1. The van der Waals surface area contributed by atoms with Gasteiger partial charge in [0.2, 0.25) is 0 Å². The molecule has 0 spiro atoms. The van der Waals surface area contributed by atoms with Crippen molar-refractivity contribution < 1.29 is 4.79 Å². The van der Waals surface area contributed by atoms with Crippen LogP contribution in [0.25, 0.3) is 11.6 Å². The Hall–Kier alpha value is -1.89. The molecule has 1 aliphatic rings. The summed E-state index contributed by atoms with van der Waals surface area (Å²) in [7, 11) is 0. The molecule has 0 aliphatic heterocycles. The summed E-state index contributed by atoms with van der Waals surface area (Å²) in [5.74, 6) is 0.826. The summed E-state index contributed by atoms with van der Waals surface area (Å²) >= 11 is 0.